The maximum Gasteiger partial charge on any atom is 0.216 e. The first-order chi connectivity index (χ1) is 9.19. The van der Waals surface area contributed by atoms with E-state index in [9.17, 15) is 4.79 Å². The zero-order valence-corrected chi connectivity index (χ0v) is 11.8. The van der Waals surface area contributed by atoms with Gasteiger partial charge in [-0.3, -0.25) is 4.79 Å². The van der Waals surface area contributed by atoms with Crippen molar-refractivity contribution in [3.05, 3.63) is 35.3 Å². The second-order valence-corrected chi connectivity index (χ2v) is 4.96. The Hall–Kier alpha value is -1.88. The number of nitrogens with one attached hydrogen (secondary N) is 1. The number of aromatic nitrogens is 1. The van der Waals surface area contributed by atoms with Crippen molar-refractivity contribution in [1.82, 2.24) is 10.3 Å². The molecule has 0 spiro atoms. The van der Waals surface area contributed by atoms with E-state index in [4.69, 9.17) is 4.74 Å². The van der Waals surface area contributed by atoms with Crippen LogP contribution in [0.5, 0.6) is 5.75 Å². The normalized spacial score (nSPS) is 10.2. The van der Waals surface area contributed by atoms with E-state index in [0.717, 1.165) is 28.4 Å². The van der Waals surface area contributed by atoms with Crippen LogP contribution in [0.3, 0.4) is 0 Å². The highest BCUT2D eigenvalue weighted by Gasteiger charge is 2.05. The number of thiazole rings is 1. The largest absolute Gasteiger partial charge is 0.497 e. The standard InChI is InChI=1S/C14H16N2O2S/c1-10(17)15-8-7-12-9-19-14(16-12)11-3-5-13(18-2)6-4-11/h3-6,9H,7-8H2,1-2H3,(H,15,17). The van der Waals surface area contributed by atoms with Crippen LogP contribution in [0.4, 0.5) is 0 Å². The Morgan fingerprint density at radius 3 is 2.74 bits per heavy atom. The number of carbonyl (C=O) groups excluding carboxylic acids is 1. The molecule has 0 saturated heterocycles. The second kappa shape index (κ2) is 6.33. The predicted molar refractivity (Wildman–Crippen MR) is 76.5 cm³/mol. The third kappa shape index (κ3) is 3.79. The molecule has 2 rings (SSSR count). The Morgan fingerprint density at radius 1 is 1.37 bits per heavy atom. The van der Waals surface area contributed by atoms with E-state index in [2.05, 4.69) is 10.3 Å². The number of methoxy groups -OCH3 is 1. The van der Waals surface area contributed by atoms with Gasteiger partial charge in [-0.2, -0.15) is 0 Å². The van der Waals surface area contributed by atoms with Crippen molar-refractivity contribution in [1.29, 1.82) is 0 Å². The molecule has 0 atom stereocenters. The van der Waals surface area contributed by atoms with Crippen molar-refractivity contribution in [3.8, 4) is 16.3 Å². The van der Waals surface area contributed by atoms with Gasteiger partial charge in [0.1, 0.15) is 10.8 Å². The fourth-order valence-corrected chi connectivity index (χ4v) is 2.51. The van der Waals surface area contributed by atoms with Crippen molar-refractivity contribution in [3.63, 3.8) is 0 Å². The molecule has 1 aromatic carbocycles. The molecule has 19 heavy (non-hydrogen) atoms. The van der Waals surface area contributed by atoms with Gasteiger partial charge < -0.3 is 10.1 Å². The summed E-state index contributed by atoms with van der Waals surface area (Å²) >= 11 is 1.61. The summed E-state index contributed by atoms with van der Waals surface area (Å²) in [4.78, 5) is 15.3. The van der Waals surface area contributed by atoms with E-state index in [1.165, 1.54) is 6.92 Å². The lowest BCUT2D eigenvalue weighted by molar-refractivity contribution is -0.118. The SMILES string of the molecule is COc1ccc(-c2nc(CCNC(C)=O)cs2)cc1. The van der Waals surface area contributed by atoms with Gasteiger partial charge in [-0.1, -0.05) is 0 Å². The third-order valence-corrected chi connectivity index (χ3v) is 3.58. The number of hydrogen-bond donors (Lipinski definition) is 1. The molecule has 1 N–H and O–H groups in total. The maximum absolute atomic E-state index is 10.8. The molecule has 0 aliphatic carbocycles. The summed E-state index contributed by atoms with van der Waals surface area (Å²) < 4.78 is 5.13. The number of benzene rings is 1. The van der Waals surface area contributed by atoms with Crippen molar-refractivity contribution < 1.29 is 9.53 Å². The quantitative estimate of drug-likeness (QED) is 0.913. The van der Waals surface area contributed by atoms with Crippen LogP contribution in [0, 0.1) is 0 Å². The smallest absolute Gasteiger partial charge is 0.216 e. The molecule has 1 amide bonds. The average Bonchev–Trinajstić information content (AvgIpc) is 2.87. The Balaban J connectivity index is 2.01. The molecule has 0 fully saturated rings. The summed E-state index contributed by atoms with van der Waals surface area (Å²) in [5, 5.41) is 5.78. The highest BCUT2D eigenvalue weighted by atomic mass is 32.1. The first-order valence-corrected chi connectivity index (χ1v) is 6.90. The monoisotopic (exact) mass is 276 g/mol. The Labute approximate surface area is 116 Å². The summed E-state index contributed by atoms with van der Waals surface area (Å²) in [5.74, 6) is 0.830. The van der Waals surface area contributed by atoms with Crippen LogP contribution in [0.1, 0.15) is 12.6 Å². The van der Waals surface area contributed by atoms with Crippen molar-refractivity contribution >= 4 is 17.2 Å². The topological polar surface area (TPSA) is 51.2 Å². The first kappa shape index (κ1) is 13.5. The highest BCUT2D eigenvalue weighted by molar-refractivity contribution is 7.13. The van der Waals surface area contributed by atoms with Gasteiger partial charge >= 0.3 is 0 Å². The molecule has 0 radical (unpaired) electrons. The van der Waals surface area contributed by atoms with E-state index in [0.29, 0.717) is 6.54 Å². The summed E-state index contributed by atoms with van der Waals surface area (Å²) in [6, 6.07) is 7.84. The zero-order valence-electron chi connectivity index (χ0n) is 11.0. The Kier molecular flexibility index (Phi) is 4.52. The maximum atomic E-state index is 10.8. The van der Waals surface area contributed by atoms with Crippen molar-refractivity contribution in [2.24, 2.45) is 0 Å². The van der Waals surface area contributed by atoms with Crippen LogP contribution in [-0.2, 0) is 11.2 Å². The third-order valence-electron chi connectivity index (χ3n) is 2.64. The van der Waals surface area contributed by atoms with Crippen LogP contribution < -0.4 is 10.1 Å². The van der Waals surface area contributed by atoms with E-state index in [-0.39, 0.29) is 5.91 Å². The van der Waals surface area contributed by atoms with Gasteiger partial charge in [0.2, 0.25) is 5.91 Å². The molecule has 0 saturated carbocycles. The van der Waals surface area contributed by atoms with Crippen molar-refractivity contribution in [2.45, 2.75) is 13.3 Å². The van der Waals surface area contributed by atoms with E-state index in [1.54, 1.807) is 18.4 Å². The molecule has 100 valence electrons. The molecule has 0 aliphatic heterocycles. The number of carbonyl (C=O) groups is 1. The molecular formula is C14H16N2O2S. The van der Waals surface area contributed by atoms with Gasteiger partial charge in [0.05, 0.1) is 12.8 Å². The fraction of sp³-hybridized carbons (Fsp3) is 0.286. The van der Waals surface area contributed by atoms with Crippen LogP contribution in [0.25, 0.3) is 10.6 Å². The molecule has 1 aromatic heterocycles. The van der Waals surface area contributed by atoms with Gasteiger partial charge in [-0.15, -0.1) is 11.3 Å². The summed E-state index contributed by atoms with van der Waals surface area (Å²) in [6.45, 7) is 2.14. The Bertz CT molecular complexity index is 549. The minimum absolute atomic E-state index is 0.00870. The summed E-state index contributed by atoms with van der Waals surface area (Å²) in [5.41, 5.74) is 2.08. The van der Waals surface area contributed by atoms with Gasteiger partial charge in [-0.25, -0.2) is 4.98 Å². The summed E-state index contributed by atoms with van der Waals surface area (Å²) in [6.07, 6.45) is 0.756. The number of ether oxygens (including phenoxy) is 1. The van der Waals surface area contributed by atoms with E-state index in [1.807, 2.05) is 29.6 Å². The lowest BCUT2D eigenvalue weighted by Gasteiger charge is -2.00. The van der Waals surface area contributed by atoms with Gasteiger partial charge in [0.25, 0.3) is 0 Å². The molecule has 0 unspecified atom stereocenters. The lowest BCUT2D eigenvalue weighted by atomic mass is 10.2. The van der Waals surface area contributed by atoms with Gasteiger partial charge in [-0.05, 0) is 24.3 Å². The molecule has 1 heterocycles. The Morgan fingerprint density at radius 2 is 2.11 bits per heavy atom. The second-order valence-electron chi connectivity index (χ2n) is 4.11. The highest BCUT2D eigenvalue weighted by Crippen LogP contribution is 2.25. The zero-order chi connectivity index (χ0) is 13.7. The van der Waals surface area contributed by atoms with Crippen LogP contribution in [0.2, 0.25) is 0 Å². The lowest BCUT2D eigenvalue weighted by Crippen LogP contribution is -2.22. The fourth-order valence-electron chi connectivity index (χ4n) is 1.65. The molecule has 4 nitrogen and oxygen atoms in total. The molecule has 2 aromatic rings. The van der Waals surface area contributed by atoms with E-state index >= 15 is 0 Å². The number of amides is 1. The molecular weight excluding hydrogens is 260 g/mol. The minimum atomic E-state index is -0.00870. The molecule has 5 heteroatoms. The minimum Gasteiger partial charge on any atom is -0.497 e. The molecule has 0 aliphatic rings. The number of rotatable bonds is 5. The predicted octanol–water partition coefficient (Wildman–Crippen LogP) is 2.50. The van der Waals surface area contributed by atoms with E-state index < -0.39 is 0 Å². The van der Waals surface area contributed by atoms with Gasteiger partial charge in [0.15, 0.2) is 0 Å². The molecule has 0 bridgehead atoms. The van der Waals surface area contributed by atoms with Gasteiger partial charge in [0, 0.05) is 30.8 Å². The number of nitrogens with zero attached hydrogens (tertiary/aromatic N) is 1. The number of hydrogen-bond acceptors (Lipinski definition) is 4. The van der Waals surface area contributed by atoms with Crippen LogP contribution in [-0.4, -0.2) is 24.5 Å². The summed E-state index contributed by atoms with van der Waals surface area (Å²) in [7, 11) is 1.65. The average molecular weight is 276 g/mol. The first-order valence-electron chi connectivity index (χ1n) is 6.02. The van der Waals surface area contributed by atoms with Crippen LogP contribution in [0.15, 0.2) is 29.6 Å². The van der Waals surface area contributed by atoms with Crippen molar-refractivity contribution in [2.75, 3.05) is 13.7 Å². The van der Waals surface area contributed by atoms with Crippen LogP contribution >= 0.6 is 11.3 Å².